The van der Waals surface area contributed by atoms with Gasteiger partial charge in [0.2, 0.25) is 17.6 Å². The number of benzene rings is 1. The van der Waals surface area contributed by atoms with Gasteiger partial charge >= 0.3 is 11.9 Å². The van der Waals surface area contributed by atoms with Crippen molar-refractivity contribution in [3.8, 4) is 0 Å². The van der Waals surface area contributed by atoms with Crippen LogP contribution in [0.1, 0.15) is 31.7 Å². The van der Waals surface area contributed by atoms with Gasteiger partial charge in [0.15, 0.2) is 0 Å². The molecule has 2 amide bonds. The minimum atomic E-state index is -1.02. The molecule has 2 N–H and O–H groups in total. The number of nitrogens with one attached hydrogen (secondary N) is 2. The maximum absolute atomic E-state index is 12.7. The molecule has 0 aliphatic carbocycles. The third-order valence-electron chi connectivity index (χ3n) is 4.09. The van der Waals surface area contributed by atoms with Gasteiger partial charge in [-0.3, -0.25) is 14.4 Å². The Morgan fingerprint density at radius 3 is 2.14 bits per heavy atom. The number of carbonyl (C=O) groups excluding carboxylic acids is 5. The lowest BCUT2D eigenvalue weighted by molar-refractivity contribution is -0.151. The normalized spacial score (nSPS) is 12.2. The SMILES string of the molecule is COC(=O)C(=O)CCCC(NC(=O)[C@H](Cc1ccccc1)NC(C)=O)C(=O)OC. The van der Waals surface area contributed by atoms with Crippen LogP contribution in [0.2, 0.25) is 0 Å². The second-order valence-corrected chi connectivity index (χ2v) is 6.33. The fraction of sp³-hybridized carbons (Fsp3) is 0.450. The fourth-order valence-corrected chi connectivity index (χ4v) is 2.65. The molecule has 1 aromatic carbocycles. The van der Waals surface area contributed by atoms with E-state index >= 15 is 0 Å². The van der Waals surface area contributed by atoms with E-state index in [-0.39, 0.29) is 31.6 Å². The minimum Gasteiger partial charge on any atom is -0.467 e. The number of ketones is 1. The lowest BCUT2D eigenvalue weighted by Crippen LogP contribution is -2.52. The quantitative estimate of drug-likeness (QED) is 0.400. The van der Waals surface area contributed by atoms with E-state index in [4.69, 9.17) is 4.74 Å². The fourth-order valence-electron chi connectivity index (χ4n) is 2.65. The van der Waals surface area contributed by atoms with Crippen molar-refractivity contribution >= 4 is 29.5 Å². The molecule has 0 aromatic heterocycles. The van der Waals surface area contributed by atoms with E-state index in [9.17, 15) is 24.0 Å². The number of ether oxygens (including phenoxy) is 2. The Hall–Kier alpha value is -3.23. The number of Topliss-reactive ketones (excluding diaryl/α,β-unsaturated/α-hetero) is 1. The van der Waals surface area contributed by atoms with Crippen LogP contribution in [0.5, 0.6) is 0 Å². The Labute approximate surface area is 169 Å². The number of rotatable bonds is 11. The van der Waals surface area contributed by atoms with Gasteiger partial charge in [-0.15, -0.1) is 0 Å². The van der Waals surface area contributed by atoms with E-state index in [0.717, 1.165) is 12.7 Å². The summed E-state index contributed by atoms with van der Waals surface area (Å²) in [7, 11) is 2.28. The van der Waals surface area contributed by atoms with Crippen LogP contribution in [-0.2, 0) is 39.9 Å². The first-order valence-electron chi connectivity index (χ1n) is 9.08. The van der Waals surface area contributed by atoms with Crippen molar-refractivity contribution in [1.82, 2.24) is 10.6 Å². The van der Waals surface area contributed by atoms with Gasteiger partial charge in [0.25, 0.3) is 0 Å². The molecule has 0 aliphatic rings. The standard InChI is InChI=1S/C20H26N2O7/c1-13(23)21-16(12-14-8-5-4-6-9-14)18(25)22-15(19(26)28-2)10-7-11-17(24)20(27)29-3/h4-6,8-9,15-16H,7,10-12H2,1-3H3,(H,21,23)(H,22,25)/t15?,16-/m0/s1. The van der Waals surface area contributed by atoms with Gasteiger partial charge in [-0.2, -0.15) is 0 Å². The number of amides is 2. The molecule has 0 heterocycles. The lowest BCUT2D eigenvalue weighted by atomic mass is 10.0. The number of esters is 2. The molecule has 2 atom stereocenters. The highest BCUT2D eigenvalue weighted by Crippen LogP contribution is 2.08. The average molecular weight is 406 g/mol. The van der Waals surface area contributed by atoms with E-state index in [1.54, 1.807) is 0 Å². The Balaban J connectivity index is 2.78. The van der Waals surface area contributed by atoms with Crippen LogP contribution >= 0.6 is 0 Å². The molecular weight excluding hydrogens is 380 g/mol. The van der Waals surface area contributed by atoms with Gasteiger partial charge < -0.3 is 20.1 Å². The highest BCUT2D eigenvalue weighted by Gasteiger charge is 2.27. The summed E-state index contributed by atoms with van der Waals surface area (Å²) in [6, 6.07) is 7.18. The average Bonchev–Trinajstić information content (AvgIpc) is 2.71. The van der Waals surface area contributed by atoms with E-state index in [2.05, 4.69) is 15.4 Å². The zero-order valence-corrected chi connectivity index (χ0v) is 16.7. The Bertz CT molecular complexity index is 734. The summed E-state index contributed by atoms with van der Waals surface area (Å²) in [6.45, 7) is 1.29. The summed E-state index contributed by atoms with van der Waals surface area (Å²) < 4.78 is 9.04. The van der Waals surface area contributed by atoms with Gasteiger partial charge in [0.1, 0.15) is 12.1 Å². The van der Waals surface area contributed by atoms with Crippen molar-refractivity contribution in [1.29, 1.82) is 0 Å². The molecule has 0 fully saturated rings. The first-order chi connectivity index (χ1) is 13.8. The van der Waals surface area contributed by atoms with Crippen molar-refractivity contribution < 1.29 is 33.4 Å². The van der Waals surface area contributed by atoms with E-state index < -0.39 is 35.7 Å². The third-order valence-corrected chi connectivity index (χ3v) is 4.09. The third kappa shape index (κ3) is 8.54. The zero-order chi connectivity index (χ0) is 21.8. The van der Waals surface area contributed by atoms with Crippen molar-refractivity contribution in [3.05, 3.63) is 35.9 Å². The predicted molar refractivity (Wildman–Crippen MR) is 103 cm³/mol. The molecule has 158 valence electrons. The van der Waals surface area contributed by atoms with Crippen molar-refractivity contribution in [2.24, 2.45) is 0 Å². The van der Waals surface area contributed by atoms with Crippen LogP contribution in [0.15, 0.2) is 30.3 Å². The number of hydrogen-bond acceptors (Lipinski definition) is 7. The summed E-state index contributed by atoms with van der Waals surface area (Å²) >= 11 is 0. The van der Waals surface area contributed by atoms with Crippen molar-refractivity contribution in [2.45, 2.75) is 44.7 Å². The first kappa shape index (κ1) is 23.8. The monoisotopic (exact) mass is 406 g/mol. The van der Waals surface area contributed by atoms with Crippen molar-refractivity contribution in [3.63, 3.8) is 0 Å². The maximum Gasteiger partial charge on any atom is 0.374 e. The molecule has 0 spiro atoms. The van der Waals surface area contributed by atoms with Crippen LogP contribution in [0.3, 0.4) is 0 Å². The van der Waals surface area contributed by atoms with E-state index in [0.29, 0.717) is 0 Å². The molecule has 1 unspecified atom stereocenters. The summed E-state index contributed by atoms with van der Waals surface area (Å²) in [4.78, 5) is 58.9. The maximum atomic E-state index is 12.7. The molecule has 1 aromatic rings. The molecule has 0 saturated carbocycles. The molecule has 0 saturated heterocycles. The smallest absolute Gasteiger partial charge is 0.374 e. The molecule has 0 bridgehead atoms. The number of carbonyl (C=O) groups is 5. The summed E-state index contributed by atoms with van der Waals surface area (Å²) in [5, 5.41) is 5.12. The minimum absolute atomic E-state index is 0.0826. The lowest BCUT2D eigenvalue weighted by Gasteiger charge is -2.22. The number of hydrogen-bond donors (Lipinski definition) is 2. The Morgan fingerprint density at radius 1 is 0.931 bits per heavy atom. The molecule has 9 nitrogen and oxygen atoms in total. The van der Waals surface area contributed by atoms with Crippen molar-refractivity contribution in [2.75, 3.05) is 14.2 Å². The highest BCUT2D eigenvalue weighted by atomic mass is 16.5. The highest BCUT2D eigenvalue weighted by molar-refractivity contribution is 6.33. The second-order valence-electron chi connectivity index (χ2n) is 6.33. The molecule has 0 aliphatic heterocycles. The van der Waals surface area contributed by atoms with E-state index in [1.807, 2.05) is 30.3 Å². The van der Waals surface area contributed by atoms with Gasteiger partial charge in [-0.1, -0.05) is 30.3 Å². The van der Waals surface area contributed by atoms with Gasteiger partial charge in [0, 0.05) is 19.8 Å². The van der Waals surface area contributed by atoms with Gasteiger partial charge in [-0.25, -0.2) is 9.59 Å². The topological polar surface area (TPSA) is 128 Å². The van der Waals surface area contributed by atoms with Crippen LogP contribution in [0, 0.1) is 0 Å². The Morgan fingerprint density at radius 2 is 1.59 bits per heavy atom. The molecule has 1 rings (SSSR count). The molecule has 29 heavy (non-hydrogen) atoms. The van der Waals surface area contributed by atoms with Crippen LogP contribution in [0.25, 0.3) is 0 Å². The number of methoxy groups -OCH3 is 2. The van der Waals surface area contributed by atoms with Gasteiger partial charge in [-0.05, 0) is 18.4 Å². The molecule has 0 radical (unpaired) electrons. The first-order valence-corrected chi connectivity index (χ1v) is 9.08. The van der Waals surface area contributed by atoms with Crippen LogP contribution in [-0.4, -0.2) is 55.8 Å². The molecular formula is C20H26N2O7. The zero-order valence-electron chi connectivity index (χ0n) is 16.7. The summed E-state index contributed by atoms with van der Waals surface area (Å²) in [5.41, 5.74) is 0.833. The van der Waals surface area contributed by atoms with E-state index in [1.165, 1.54) is 14.0 Å². The Kier molecular flexibility index (Phi) is 10.1. The predicted octanol–water partition coefficient (Wildman–Crippen LogP) is 0.304. The summed E-state index contributed by atoms with van der Waals surface area (Å²) in [5.74, 6) is -3.32. The second kappa shape index (κ2) is 12.3. The van der Waals surface area contributed by atoms with Crippen LogP contribution in [0.4, 0.5) is 0 Å². The van der Waals surface area contributed by atoms with Crippen LogP contribution < -0.4 is 10.6 Å². The van der Waals surface area contributed by atoms with Gasteiger partial charge in [0.05, 0.1) is 14.2 Å². The largest absolute Gasteiger partial charge is 0.467 e. The molecule has 9 heteroatoms. The summed E-state index contributed by atoms with van der Waals surface area (Å²) in [6.07, 6.45) is 0.354.